The van der Waals surface area contributed by atoms with Gasteiger partial charge in [0.15, 0.2) is 0 Å². The van der Waals surface area contributed by atoms with Gasteiger partial charge in [-0.05, 0) is 71.8 Å². The smallest absolute Gasteiger partial charge is 0.263 e. The fraction of sp³-hybridized carbons (Fsp3) is 0.263. The first-order chi connectivity index (χ1) is 13.0. The van der Waals surface area contributed by atoms with Crippen molar-refractivity contribution in [2.75, 3.05) is 11.9 Å². The molecule has 0 spiro atoms. The van der Waals surface area contributed by atoms with Crippen LogP contribution in [0.5, 0.6) is 0 Å². The summed E-state index contributed by atoms with van der Waals surface area (Å²) >= 11 is 2.22. The molecule has 0 aromatic heterocycles. The van der Waals surface area contributed by atoms with Crippen molar-refractivity contribution in [2.45, 2.75) is 30.6 Å². The normalized spacial score (nSPS) is 16.0. The van der Waals surface area contributed by atoms with Gasteiger partial charge in [0.2, 0.25) is 5.91 Å². The molecular weight excluding hydrogens is 477 g/mol. The van der Waals surface area contributed by atoms with Gasteiger partial charge >= 0.3 is 0 Å². The van der Waals surface area contributed by atoms with Crippen molar-refractivity contribution in [1.29, 1.82) is 0 Å². The number of carbonyl (C=O) groups is 1. The summed E-state index contributed by atoms with van der Waals surface area (Å²) in [5, 5.41) is 2.88. The summed E-state index contributed by atoms with van der Waals surface area (Å²) in [6, 6.07) is 14.5. The molecule has 142 valence electrons. The molecule has 2 N–H and O–H groups in total. The predicted molar refractivity (Wildman–Crippen MR) is 114 cm³/mol. The number of hydrogen-bond donors (Lipinski definition) is 2. The Morgan fingerprint density at radius 3 is 2.56 bits per heavy atom. The van der Waals surface area contributed by atoms with Crippen LogP contribution in [-0.2, 0) is 14.8 Å². The lowest BCUT2D eigenvalue weighted by Gasteiger charge is -2.05. The van der Waals surface area contributed by atoms with E-state index >= 15 is 0 Å². The third kappa shape index (κ3) is 5.29. The first kappa shape index (κ1) is 19.8. The Balaban J connectivity index is 1.40. The highest BCUT2D eigenvalue weighted by Gasteiger charge is 2.29. The van der Waals surface area contributed by atoms with Gasteiger partial charge in [-0.15, -0.1) is 0 Å². The number of anilines is 1. The zero-order valence-corrected chi connectivity index (χ0v) is 17.6. The van der Waals surface area contributed by atoms with Crippen LogP contribution in [0.4, 0.5) is 5.69 Å². The maximum Gasteiger partial charge on any atom is 0.263 e. The SMILES string of the molecule is O=C(CCCCCN=C1NS(=O)(=O)c2ccccc21)Nc1ccc(I)cc1. The molecule has 0 saturated heterocycles. The molecule has 8 heteroatoms. The van der Waals surface area contributed by atoms with Crippen molar-refractivity contribution in [3.8, 4) is 0 Å². The lowest BCUT2D eigenvalue weighted by Crippen LogP contribution is -2.22. The van der Waals surface area contributed by atoms with Gasteiger partial charge < -0.3 is 5.32 Å². The third-order valence-electron chi connectivity index (χ3n) is 4.12. The predicted octanol–water partition coefficient (Wildman–Crippen LogP) is 3.53. The van der Waals surface area contributed by atoms with Crippen molar-refractivity contribution >= 4 is 50.0 Å². The second-order valence-corrected chi connectivity index (χ2v) is 9.09. The second kappa shape index (κ2) is 8.83. The standard InChI is InChI=1S/C19H20IN3O3S/c20-14-9-11-15(12-10-14)22-18(24)8-2-1-5-13-21-19-16-6-3-4-7-17(16)27(25,26)23-19/h3-4,6-7,9-12H,1-2,5,8,13H2,(H,21,23)(H,22,24). The molecule has 0 fully saturated rings. The first-order valence-electron chi connectivity index (χ1n) is 8.68. The summed E-state index contributed by atoms with van der Waals surface area (Å²) in [7, 11) is -3.48. The van der Waals surface area contributed by atoms with Crippen LogP contribution < -0.4 is 10.0 Å². The van der Waals surface area contributed by atoms with Gasteiger partial charge in [0.1, 0.15) is 5.84 Å². The number of unbranched alkanes of at least 4 members (excludes halogenated alkanes) is 2. The van der Waals surface area contributed by atoms with Crippen LogP contribution in [0, 0.1) is 3.57 Å². The summed E-state index contributed by atoms with van der Waals surface area (Å²) < 4.78 is 27.6. The van der Waals surface area contributed by atoms with Crippen molar-refractivity contribution in [3.63, 3.8) is 0 Å². The Morgan fingerprint density at radius 2 is 1.78 bits per heavy atom. The van der Waals surface area contributed by atoms with Crippen LogP contribution >= 0.6 is 22.6 Å². The molecule has 27 heavy (non-hydrogen) atoms. The van der Waals surface area contributed by atoms with Crippen molar-refractivity contribution in [3.05, 3.63) is 57.7 Å². The maximum absolute atomic E-state index is 12.0. The molecule has 0 atom stereocenters. The molecule has 1 aliphatic rings. The average Bonchev–Trinajstić information content (AvgIpc) is 2.91. The van der Waals surface area contributed by atoms with E-state index in [1.165, 1.54) is 0 Å². The van der Waals surface area contributed by atoms with E-state index in [1.807, 2.05) is 24.3 Å². The van der Waals surface area contributed by atoms with E-state index < -0.39 is 10.0 Å². The summed E-state index contributed by atoms with van der Waals surface area (Å²) in [4.78, 5) is 16.6. The van der Waals surface area contributed by atoms with Gasteiger partial charge in [-0.25, -0.2) is 8.42 Å². The summed E-state index contributed by atoms with van der Waals surface area (Å²) in [6.07, 6.45) is 2.87. The largest absolute Gasteiger partial charge is 0.326 e. The highest BCUT2D eigenvalue weighted by molar-refractivity contribution is 14.1. The number of amidine groups is 1. The molecule has 1 amide bonds. The maximum atomic E-state index is 12.0. The van der Waals surface area contributed by atoms with Crippen LogP contribution in [0.25, 0.3) is 0 Å². The van der Waals surface area contributed by atoms with Gasteiger partial charge in [-0.1, -0.05) is 18.6 Å². The number of benzene rings is 2. The number of sulfonamides is 1. The zero-order chi connectivity index (χ0) is 19.3. The number of halogens is 1. The van der Waals surface area contributed by atoms with E-state index in [1.54, 1.807) is 24.3 Å². The molecule has 1 aliphatic heterocycles. The number of fused-ring (bicyclic) bond motifs is 1. The average molecular weight is 497 g/mol. The summed E-state index contributed by atoms with van der Waals surface area (Å²) in [5.74, 6) is 0.405. The molecule has 0 radical (unpaired) electrons. The lowest BCUT2D eigenvalue weighted by molar-refractivity contribution is -0.116. The molecule has 2 aromatic rings. The summed E-state index contributed by atoms with van der Waals surface area (Å²) in [5.41, 5.74) is 1.42. The molecule has 6 nitrogen and oxygen atoms in total. The number of hydrogen-bond acceptors (Lipinski definition) is 4. The first-order valence-corrected chi connectivity index (χ1v) is 11.2. The molecule has 0 bridgehead atoms. The van der Waals surface area contributed by atoms with Crippen molar-refractivity contribution in [2.24, 2.45) is 4.99 Å². The van der Waals surface area contributed by atoms with Crippen LogP contribution in [-0.4, -0.2) is 26.7 Å². The monoisotopic (exact) mass is 497 g/mol. The Hall–Kier alpha value is -1.94. The van der Waals surface area contributed by atoms with Crippen molar-refractivity contribution < 1.29 is 13.2 Å². The Morgan fingerprint density at radius 1 is 1.04 bits per heavy atom. The van der Waals surface area contributed by atoms with Gasteiger partial charge in [-0.3, -0.25) is 14.5 Å². The zero-order valence-electron chi connectivity index (χ0n) is 14.6. The number of rotatable bonds is 7. The quantitative estimate of drug-likeness (QED) is 0.454. The Labute approximate surface area is 172 Å². The molecule has 2 aromatic carbocycles. The van der Waals surface area contributed by atoms with Gasteiger partial charge in [0, 0.05) is 27.8 Å². The van der Waals surface area contributed by atoms with Crippen molar-refractivity contribution in [1.82, 2.24) is 4.72 Å². The topological polar surface area (TPSA) is 87.6 Å². The minimum absolute atomic E-state index is 0.00000210. The lowest BCUT2D eigenvalue weighted by atomic mass is 10.2. The van der Waals surface area contributed by atoms with E-state index in [9.17, 15) is 13.2 Å². The number of carbonyl (C=O) groups excluding carboxylic acids is 1. The fourth-order valence-electron chi connectivity index (χ4n) is 2.77. The van der Waals surface area contributed by atoms with Crippen LogP contribution in [0.15, 0.2) is 58.4 Å². The van der Waals surface area contributed by atoms with E-state index in [2.05, 4.69) is 37.6 Å². The number of amides is 1. The van der Waals surface area contributed by atoms with E-state index in [0.717, 1.165) is 28.5 Å². The highest BCUT2D eigenvalue weighted by Crippen LogP contribution is 2.22. The Bertz CT molecular complexity index is 956. The van der Waals surface area contributed by atoms with Crippen LogP contribution in [0.3, 0.4) is 0 Å². The molecular formula is C19H20IN3O3S. The van der Waals surface area contributed by atoms with Gasteiger partial charge in [0.05, 0.1) is 4.90 Å². The number of nitrogens with zero attached hydrogens (tertiary/aromatic N) is 1. The summed E-state index contributed by atoms with van der Waals surface area (Å²) in [6.45, 7) is 0.519. The number of aliphatic imine (C=N–C) groups is 1. The third-order valence-corrected chi connectivity index (χ3v) is 6.24. The van der Waals surface area contributed by atoms with E-state index in [0.29, 0.717) is 24.4 Å². The number of nitrogens with one attached hydrogen (secondary N) is 2. The fourth-order valence-corrected chi connectivity index (χ4v) is 4.38. The molecule has 3 rings (SSSR count). The van der Waals surface area contributed by atoms with Crippen LogP contribution in [0.2, 0.25) is 0 Å². The van der Waals surface area contributed by atoms with E-state index in [4.69, 9.17) is 0 Å². The molecule has 0 aliphatic carbocycles. The minimum atomic E-state index is -3.48. The van der Waals surface area contributed by atoms with Gasteiger partial charge in [-0.2, -0.15) is 0 Å². The van der Waals surface area contributed by atoms with Gasteiger partial charge in [0.25, 0.3) is 10.0 Å². The highest BCUT2D eigenvalue weighted by atomic mass is 127. The minimum Gasteiger partial charge on any atom is -0.326 e. The Kier molecular flexibility index (Phi) is 6.48. The molecule has 0 saturated carbocycles. The second-order valence-electron chi connectivity index (χ2n) is 6.20. The van der Waals surface area contributed by atoms with Crippen LogP contribution in [0.1, 0.15) is 31.2 Å². The van der Waals surface area contributed by atoms with E-state index in [-0.39, 0.29) is 10.8 Å². The molecule has 0 unspecified atom stereocenters. The molecule has 1 heterocycles.